The number of hydrogen-bond donors (Lipinski definition) is 0. The number of piperidine rings is 1. The van der Waals surface area contributed by atoms with E-state index in [0.29, 0.717) is 12.0 Å². The second kappa shape index (κ2) is 8.45. The van der Waals surface area contributed by atoms with Crippen LogP contribution < -0.4 is 0 Å². The van der Waals surface area contributed by atoms with Crippen molar-refractivity contribution in [2.45, 2.75) is 64.1 Å². The molecule has 2 amide bonds. The fourth-order valence-electron chi connectivity index (χ4n) is 5.45. The van der Waals surface area contributed by atoms with E-state index in [2.05, 4.69) is 6.92 Å². The lowest BCUT2D eigenvalue weighted by atomic mass is 9.87. The van der Waals surface area contributed by atoms with Gasteiger partial charge in [-0.05, 0) is 62.4 Å². The predicted molar refractivity (Wildman–Crippen MR) is 119 cm³/mol. The van der Waals surface area contributed by atoms with E-state index in [9.17, 15) is 14.0 Å². The van der Waals surface area contributed by atoms with Crippen LogP contribution in [0, 0.1) is 11.7 Å². The minimum absolute atomic E-state index is 0.00500. The molecule has 3 atom stereocenters. The standard InChI is InChI=1S/C26H31FN2O2/c1-18(2)24(30)28-15-7-10-22-23(28)17-26(3,16-19-11-13-21(27)14-12-19)29(22)25(31)20-8-5-4-6-9-20/h4-6,8-9,11-14,18,22-23H,7,10,15-17H2,1-3H3/t22-,23-,26+/m0/s1. The van der Waals surface area contributed by atoms with Gasteiger partial charge in [-0.2, -0.15) is 0 Å². The Morgan fingerprint density at radius 2 is 1.74 bits per heavy atom. The van der Waals surface area contributed by atoms with Gasteiger partial charge in [0.15, 0.2) is 0 Å². The van der Waals surface area contributed by atoms with Crippen molar-refractivity contribution in [2.75, 3.05) is 6.54 Å². The number of hydrogen-bond acceptors (Lipinski definition) is 2. The number of amides is 2. The minimum atomic E-state index is -0.458. The molecular weight excluding hydrogens is 391 g/mol. The fourth-order valence-corrected chi connectivity index (χ4v) is 5.45. The first kappa shape index (κ1) is 21.5. The molecule has 0 spiro atoms. The molecule has 0 radical (unpaired) electrons. The molecule has 0 aliphatic carbocycles. The molecule has 2 aliphatic rings. The van der Waals surface area contributed by atoms with Crippen molar-refractivity contribution in [1.82, 2.24) is 9.80 Å². The summed E-state index contributed by atoms with van der Waals surface area (Å²) in [6.07, 6.45) is 3.14. The van der Waals surface area contributed by atoms with E-state index in [1.54, 1.807) is 12.1 Å². The highest BCUT2D eigenvalue weighted by Crippen LogP contribution is 2.44. The van der Waals surface area contributed by atoms with Gasteiger partial charge in [-0.3, -0.25) is 9.59 Å². The quantitative estimate of drug-likeness (QED) is 0.717. The summed E-state index contributed by atoms with van der Waals surface area (Å²) < 4.78 is 13.5. The molecule has 164 valence electrons. The summed E-state index contributed by atoms with van der Waals surface area (Å²) in [6, 6.07) is 15.9. The lowest BCUT2D eigenvalue weighted by Crippen LogP contribution is -2.55. The van der Waals surface area contributed by atoms with Crippen LogP contribution in [0.2, 0.25) is 0 Å². The monoisotopic (exact) mass is 422 g/mol. The number of nitrogens with zero attached hydrogens (tertiary/aromatic N) is 2. The van der Waals surface area contributed by atoms with Gasteiger partial charge in [-0.1, -0.05) is 44.2 Å². The largest absolute Gasteiger partial charge is 0.337 e. The van der Waals surface area contributed by atoms with Crippen LogP contribution >= 0.6 is 0 Å². The zero-order valence-corrected chi connectivity index (χ0v) is 18.6. The van der Waals surface area contributed by atoms with Crippen LogP contribution in [0.25, 0.3) is 0 Å². The molecule has 2 aromatic carbocycles. The molecule has 2 heterocycles. The van der Waals surface area contributed by atoms with E-state index in [0.717, 1.165) is 31.4 Å². The molecule has 0 saturated carbocycles. The third kappa shape index (κ3) is 4.10. The van der Waals surface area contributed by atoms with Crippen molar-refractivity contribution in [3.8, 4) is 0 Å². The summed E-state index contributed by atoms with van der Waals surface area (Å²) in [5.74, 6) is -0.162. The third-order valence-electron chi connectivity index (χ3n) is 6.82. The Balaban J connectivity index is 1.72. The summed E-state index contributed by atoms with van der Waals surface area (Å²) in [5, 5.41) is 0. The summed E-state index contributed by atoms with van der Waals surface area (Å²) in [7, 11) is 0. The van der Waals surface area contributed by atoms with Gasteiger partial charge in [0.25, 0.3) is 5.91 Å². The first-order chi connectivity index (χ1) is 14.8. The van der Waals surface area contributed by atoms with Gasteiger partial charge in [0, 0.05) is 23.6 Å². The number of fused-ring (bicyclic) bond motifs is 1. The van der Waals surface area contributed by atoms with Gasteiger partial charge in [-0.25, -0.2) is 4.39 Å². The molecule has 2 aromatic rings. The second-order valence-electron chi connectivity index (χ2n) is 9.51. The first-order valence-corrected chi connectivity index (χ1v) is 11.2. The van der Waals surface area contributed by atoms with Crippen LogP contribution in [0.15, 0.2) is 54.6 Å². The molecule has 0 N–H and O–H groups in total. The normalized spacial score (nSPS) is 25.6. The maximum Gasteiger partial charge on any atom is 0.254 e. The Morgan fingerprint density at radius 1 is 1.06 bits per heavy atom. The number of rotatable bonds is 4. The molecule has 0 unspecified atom stereocenters. The van der Waals surface area contributed by atoms with E-state index in [4.69, 9.17) is 0 Å². The zero-order chi connectivity index (χ0) is 22.2. The number of likely N-dealkylation sites (tertiary alicyclic amines) is 2. The van der Waals surface area contributed by atoms with E-state index in [1.807, 2.05) is 54.0 Å². The van der Waals surface area contributed by atoms with Crippen LogP contribution in [0.5, 0.6) is 0 Å². The summed E-state index contributed by atoms with van der Waals surface area (Å²) in [5.41, 5.74) is 1.20. The number of benzene rings is 2. The van der Waals surface area contributed by atoms with Crippen LogP contribution in [-0.4, -0.2) is 45.8 Å². The first-order valence-electron chi connectivity index (χ1n) is 11.2. The molecular formula is C26H31FN2O2. The molecule has 5 heteroatoms. The topological polar surface area (TPSA) is 40.6 Å². The van der Waals surface area contributed by atoms with Crippen molar-refractivity contribution in [3.63, 3.8) is 0 Å². The molecule has 4 nitrogen and oxygen atoms in total. The van der Waals surface area contributed by atoms with Crippen LogP contribution in [-0.2, 0) is 11.2 Å². The predicted octanol–water partition coefficient (Wildman–Crippen LogP) is 4.69. The van der Waals surface area contributed by atoms with Gasteiger partial charge in [0.1, 0.15) is 5.82 Å². The second-order valence-corrected chi connectivity index (χ2v) is 9.51. The zero-order valence-electron chi connectivity index (χ0n) is 18.6. The summed E-state index contributed by atoms with van der Waals surface area (Å²) in [4.78, 5) is 30.8. The number of carbonyl (C=O) groups excluding carboxylic acids is 2. The van der Waals surface area contributed by atoms with Gasteiger partial charge >= 0.3 is 0 Å². The summed E-state index contributed by atoms with van der Waals surface area (Å²) in [6.45, 7) is 6.74. The molecule has 2 saturated heterocycles. The highest BCUT2D eigenvalue weighted by Gasteiger charge is 2.54. The van der Waals surface area contributed by atoms with Crippen molar-refractivity contribution in [3.05, 3.63) is 71.5 Å². The van der Waals surface area contributed by atoms with Crippen molar-refractivity contribution in [1.29, 1.82) is 0 Å². The Bertz CT molecular complexity index is 944. The van der Waals surface area contributed by atoms with Crippen LogP contribution in [0.4, 0.5) is 4.39 Å². The Kier molecular flexibility index (Phi) is 5.87. The lowest BCUT2D eigenvalue weighted by molar-refractivity contribution is -0.138. The van der Waals surface area contributed by atoms with Crippen molar-refractivity contribution in [2.24, 2.45) is 5.92 Å². The molecule has 31 heavy (non-hydrogen) atoms. The van der Waals surface area contributed by atoms with Crippen LogP contribution in [0.3, 0.4) is 0 Å². The molecule has 2 fully saturated rings. The molecule has 0 bridgehead atoms. The van der Waals surface area contributed by atoms with E-state index < -0.39 is 5.54 Å². The molecule has 2 aliphatic heterocycles. The maximum absolute atomic E-state index is 13.7. The SMILES string of the molecule is CC(C)C(=O)N1CCC[C@H]2[C@@H]1C[C@@](C)(Cc1ccc(F)cc1)N2C(=O)c1ccccc1. The Labute approximate surface area is 184 Å². The van der Waals surface area contributed by atoms with Crippen molar-refractivity contribution < 1.29 is 14.0 Å². The van der Waals surface area contributed by atoms with E-state index >= 15 is 0 Å². The highest BCUT2D eigenvalue weighted by molar-refractivity contribution is 5.95. The lowest BCUT2D eigenvalue weighted by Gasteiger charge is -2.42. The summed E-state index contributed by atoms with van der Waals surface area (Å²) >= 11 is 0. The number of halogens is 1. The average molecular weight is 423 g/mol. The van der Waals surface area contributed by atoms with Gasteiger partial charge in [-0.15, -0.1) is 0 Å². The van der Waals surface area contributed by atoms with E-state index in [1.165, 1.54) is 12.1 Å². The maximum atomic E-state index is 13.7. The fraction of sp³-hybridized carbons (Fsp3) is 0.462. The van der Waals surface area contributed by atoms with Crippen LogP contribution in [0.1, 0.15) is 56.0 Å². The van der Waals surface area contributed by atoms with E-state index in [-0.39, 0.29) is 35.6 Å². The molecule has 0 aromatic heterocycles. The van der Waals surface area contributed by atoms with Crippen molar-refractivity contribution >= 4 is 11.8 Å². The Hall–Kier alpha value is -2.69. The smallest absolute Gasteiger partial charge is 0.254 e. The average Bonchev–Trinajstić information content (AvgIpc) is 3.06. The Morgan fingerprint density at radius 3 is 2.39 bits per heavy atom. The van der Waals surface area contributed by atoms with Gasteiger partial charge in [0.2, 0.25) is 5.91 Å². The van der Waals surface area contributed by atoms with Gasteiger partial charge in [0.05, 0.1) is 12.1 Å². The number of carbonyl (C=O) groups is 2. The highest BCUT2D eigenvalue weighted by atomic mass is 19.1. The minimum Gasteiger partial charge on any atom is -0.337 e. The van der Waals surface area contributed by atoms with Gasteiger partial charge < -0.3 is 9.80 Å². The molecule has 4 rings (SSSR count). The third-order valence-corrected chi connectivity index (χ3v) is 6.82.